The van der Waals surface area contributed by atoms with Gasteiger partial charge in [-0.2, -0.15) is 10.5 Å². The summed E-state index contributed by atoms with van der Waals surface area (Å²) in [6, 6.07) is 44.0. The summed E-state index contributed by atoms with van der Waals surface area (Å²) in [6.07, 6.45) is 0. The van der Waals surface area contributed by atoms with E-state index in [0.29, 0.717) is 31.5 Å². The van der Waals surface area contributed by atoms with Gasteiger partial charge in [-0.25, -0.2) is 0 Å². The summed E-state index contributed by atoms with van der Waals surface area (Å²) >= 11 is 0. The fraction of sp³-hybridized carbons (Fsp3) is 0. The number of nitrogens with zero attached hydrogens (tertiary/aromatic N) is 5. The lowest BCUT2D eigenvalue weighted by atomic mass is 10.1. The van der Waals surface area contributed by atoms with Crippen LogP contribution >= 0.6 is 24.7 Å². The molecule has 0 saturated heterocycles. The van der Waals surface area contributed by atoms with Crippen molar-refractivity contribution in [2.24, 2.45) is 0 Å². The van der Waals surface area contributed by atoms with Gasteiger partial charge in [0, 0.05) is 0 Å². The van der Waals surface area contributed by atoms with E-state index in [1.165, 1.54) is 10.3 Å². The van der Waals surface area contributed by atoms with Gasteiger partial charge in [-0.05, 0) is 64.9 Å². The molecule has 0 N–H and O–H groups in total. The van der Waals surface area contributed by atoms with Crippen molar-refractivity contribution in [3.63, 3.8) is 0 Å². The Bertz CT molecular complexity index is 2010. The van der Waals surface area contributed by atoms with Crippen molar-refractivity contribution in [2.75, 3.05) is 0 Å². The summed E-state index contributed by atoms with van der Waals surface area (Å²) in [6.45, 7) is 0. The molecule has 0 amide bonds. The zero-order chi connectivity index (χ0) is 30.8. The third-order valence-corrected chi connectivity index (χ3v) is 10.6. The molecular weight excluding hydrogens is 627 g/mol. The van der Waals surface area contributed by atoms with Gasteiger partial charge < -0.3 is 23.5 Å². The molecule has 1 heterocycles. The summed E-state index contributed by atoms with van der Waals surface area (Å²) < 4.78 is 26.8. The average Bonchev–Trinajstić information content (AvgIpc) is 3.09. The maximum atomic E-state index is 10.0. The largest absolute Gasteiger partial charge is 0.452 e. The molecule has 6 rings (SSSR count). The normalized spacial score (nSPS) is 11.2. The second-order valence-electron chi connectivity index (χ2n) is 8.95. The van der Waals surface area contributed by atoms with E-state index in [9.17, 15) is 10.5 Å². The van der Waals surface area contributed by atoms with E-state index >= 15 is 0 Å². The van der Waals surface area contributed by atoms with E-state index < -0.39 is 16.2 Å². The van der Waals surface area contributed by atoms with Gasteiger partial charge in [-0.15, -0.1) is 4.51 Å². The van der Waals surface area contributed by atoms with E-state index in [1.54, 1.807) is 34.6 Å². The highest BCUT2D eigenvalue weighted by molar-refractivity contribution is 7.56. The average molecular weight is 649 g/mol. The highest BCUT2D eigenvalue weighted by Gasteiger charge is 2.23. The topological polar surface area (TPSA) is 116 Å². The van der Waals surface area contributed by atoms with Crippen molar-refractivity contribution in [3.05, 3.63) is 145 Å². The second kappa shape index (κ2) is 14.2. The fourth-order valence-corrected chi connectivity index (χ4v) is 8.81. The molecule has 1 aromatic heterocycles. The maximum Gasteiger partial charge on any atom is 0.319 e. The molecule has 0 aliphatic carbocycles. The molecule has 6 aromatic rings. The number of hydrogen-bond acceptors (Lipinski definition) is 8. The quantitative estimate of drug-likeness (QED) is 0.144. The number of para-hydroxylation sites is 4. The molecule has 2 atom stereocenters. The Morgan fingerprint density at radius 2 is 1.16 bits per heavy atom. The molecule has 220 valence electrons. The number of nitriles is 2. The summed E-state index contributed by atoms with van der Waals surface area (Å²) in [5.74, 6) is 2.43. The van der Waals surface area contributed by atoms with Crippen molar-refractivity contribution in [1.82, 2.24) is 13.0 Å². The van der Waals surface area contributed by atoms with Gasteiger partial charge in [-0.1, -0.05) is 77.1 Å². The van der Waals surface area contributed by atoms with E-state index in [-0.39, 0.29) is 22.6 Å². The molecule has 10 nitrogen and oxygen atoms in total. The number of hydrogen-bond donors (Lipinski definition) is 0. The van der Waals surface area contributed by atoms with Crippen molar-refractivity contribution >= 4 is 24.7 Å². The first-order valence-electron chi connectivity index (χ1n) is 13.4. The molecule has 45 heavy (non-hydrogen) atoms. The van der Waals surface area contributed by atoms with E-state index in [0.717, 1.165) is 0 Å². The van der Waals surface area contributed by atoms with Gasteiger partial charge in [-0.3, -0.25) is 0 Å². The van der Waals surface area contributed by atoms with Gasteiger partial charge in [0.15, 0.2) is 20.0 Å². The molecular formula is C32H22N5O5P3. The summed E-state index contributed by atoms with van der Waals surface area (Å²) in [5.41, 5.74) is 0.179. The van der Waals surface area contributed by atoms with Gasteiger partial charge in [0.1, 0.15) is 35.0 Å². The first-order valence-corrected chi connectivity index (χ1v) is 16.5. The first-order chi connectivity index (χ1) is 22.2. The molecule has 0 saturated carbocycles. The molecule has 0 aliphatic rings. The zero-order valence-electron chi connectivity index (χ0n) is 23.3. The highest BCUT2D eigenvalue weighted by Crippen LogP contribution is 2.44. The minimum Gasteiger partial charge on any atom is -0.452 e. The Morgan fingerprint density at radius 1 is 0.600 bits per heavy atom. The SMILES string of the molecule is N#Cc1ccc(On2pnp(Oc3ccccc3)n(Oc3ccccc3)p2Oc2ccccc2)c(Oc2ccccc2)c1C#N. The number of ether oxygens (including phenoxy) is 1. The first kappa shape index (κ1) is 29.5. The van der Waals surface area contributed by atoms with E-state index in [4.69, 9.17) is 28.0 Å². The summed E-state index contributed by atoms with van der Waals surface area (Å²) in [4.78, 5) is 12.8. The standard InChI is InChI=1S/C32H22N5O5P3/c33-23-25-21-22-31(32(30(25)24-34)38-26-13-5-1-6-14-26)40-36-43-35-44(41-28-17-9-3-10-18-28)37(39-27-15-7-2-8-16-27)45(36)42-29-19-11-4-12-20-29/h1-22H. The van der Waals surface area contributed by atoms with Gasteiger partial charge in [0.25, 0.3) is 0 Å². The van der Waals surface area contributed by atoms with Crippen LogP contribution in [0.3, 0.4) is 0 Å². The third-order valence-electron chi connectivity index (χ3n) is 5.92. The predicted molar refractivity (Wildman–Crippen MR) is 172 cm³/mol. The minimum absolute atomic E-state index is 0.0322. The lowest BCUT2D eigenvalue weighted by molar-refractivity contribution is 0.228. The lowest BCUT2D eigenvalue weighted by Crippen LogP contribution is -2.14. The monoisotopic (exact) mass is 649 g/mol. The Morgan fingerprint density at radius 3 is 1.73 bits per heavy atom. The van der Waals surface area contributed by atoms with Crippen molar-refractivity contribution in [1.29, 1.82) is 10.5 Å². The zero-order valence-corrected chi connectivity index (χ0v) is 26.0. The molecule has 0 spiro atoms. The highest BCUT2D eigenvalue weighted by atomic mass is 31.2. The molecule has 0 bridgehead atoms. The van der Waals surface area contributed by atoms with Gasteiger partial charge in [0.05, 0.1) is 5.56 Å². The van der Waals surface area contributed by atoms with Crippen LogP contribution in [0.4, 0.5) is 0 Å². The van der Waals surface area contributed by atoms with Gasteiger partial charge >= 0.3 is 16.2 Å². The number of benzene rings is 5. The van der Waals surface area contributed by atoms with E-state index in [1.807, 2.05) is 97.1 Å². The Kier molecular flexibility index (Phi) is 9.32. The van der Waals surface area contributed by atoms with Crippen LogP contribution in [0, 0.1) is 22.7 Å². The van der Waals surface area contributed by atoms with Crippen LogP contribution in [0.2, 0.25) is 0 Å². The predicted octanol–water partition coefficient (Wildman–Crippen LogP) is 9.27. The van der Waals surface area contributed by atoms with Gasteiger partial charge in [0.2, 0.25) is 5.75 Å². The minimum atomic E-state index is -1.94. The van der Waals surface area contributed by atoms with Crippen LogP contribution < -0.4 is 23.5 Å². The summed E-state index contributed by atoms with van der Waals surface area (Å²) in [7, 11) is -3.35. The molecule has 13 heteroatoms. The van der Waals surface area contributed by atoms with Crippen molar-refractivity contribution in [3.8, 4) is 46.6 Å². The van der Waals surface area contributed by atoms with Crippen LogP contribution in [-0.4, -0.2) is 13.0 Å². The maximum absolute atomic E-state index is 10.0. The fourth-order valence-electron chi connectivity index (χ4n) is 3.88. The molecule has 5 aromatic carbocycles. The van der Waals surface area contributed by atoms with Crippen molar-refractivity contribution < 1.29 is 23.5 Å². The van der Waals surface area contributed by atoms with Crippen LogP contribution in [0.25, 0.3) is 0 Å². The second-order valence-corrected chi connectivity index (χ2v) is 13.3. The molecule has 0 fully saturated rings. The lowest BCUT2D eigenvalue weighted by Gasteiger charge is -2.21. The van der Waals surface area contributed by atoms with E-state index in [2.05, 4.69) is 12.1 Å². The Hall–Kier alpha value is -5.62. The molecule has 2 unspecified atom stereocenters. The number of aromatic nitrogens is 3. The smallest absolute Gasteiger partial charge is 0.319 e. The molecule has 0 aliphatic heterocycles. The summed E-state index contributed by atoms with van der Waals surface area (Å²) in [5, 5.41) is 19.7. The van der Waals surface area contributed by atoms with Crippen molar-refractivity contribution in [2.45, 2.75) is 0 Å². The Balaban J connectivity index is 1.51. The molecule has 0 radical (unpaired) electrons. The van der Waals surface area contributed by atoms with Crippen LogP contribution in [0.5, 0.6) is 34.5 Å². The third kappa shape index (κ3) is 7.13. The van der Waals surface area contributed by atoms with Crippen LogP contribution in [-0.2, 0) is 0 Å². The van der Waals surface area contributed by atoms with Crippen LogP contribution in [0.15, 0.2) is 133 Å². The Labute approximate surface area is 262 Å². The number of rotatable bonds is 10. The van der Waals surface area contributed by atoms with Crippen LogP contribution in [0.1, 0.15) is 11.1 Å².